The molecule has 152 valence electrons. The van der Waals surface area contributed by atoms with E-state index in [1.54, 1.807) is 4.68 Å². The normalized spacial score (nSPS) is 14.4. The summed E-state index contributed by atoms with van der Waals surface area (Å²) in [6, 6.07) is 9.86. The Morgan fingerprint density at radius 3 is 2.72 bits per heavy atom. The van der Waals surface area contributed by atoms with E-state index in [2.05, 4.69) is 25.2 Å². The molecule has 29 heavy (non-hydrogen) atoms. The average Bonchev–Trinajstić information content (AvgIpc) is 3.41. The third-order valence-electron chi connectivity index (χ3n) is 5.07. The number of aryl methyl sites for hydroxylation is 2. The van der Waals surface area contributed by atoms with Crippen molar-refractivity contribution in [3.63, 3.8) is 0 Å². The highest BCUT2D eigenvalue weighted by Crippen LogP contribution is 2.38. The van der Waals surface area contributed by atoms with Gasteiger partial charge in [0.1, 0.15) is 5.82 Å². The summed E-state index contributed by atoms with van der Waals surface area (Å²) in [6.45, 7) is 1.89. The molecule has 2 heterocycles. The van der Waals surface area contributed by atoms with Crippen molar-refractivity contribution in [1.29, 1.82) is 0 Å². The number of halogens is 1. The molecule has 0 saturated heterocycles. The lowest BCUT2D eigenvalue weighted by Gasteiger charge is -2.17. The van der Waals surface area contributed by atoms with Crippen LogP contribution in [0.4, 0.5) is 5.82 Å². The molecule has 9 heteroatoms. The fourth-order valence-corrected chi connectivity index (χ4v) is 4.76. The summed E-state index contributed by atoms with van der Waals surface area (Å²) in [5.41, 5.74) is 1.73. The third kappa shape index (κ3) is 4.33. The van der Waals surface area contributed by atoms with Crippen LogP contribution >= 0.6 is 23.4 Å². The van der Waals surface area contributed by atoms with E-state index >= 15 is 0 Å². The van der Waals surface area contributed by atoms with Gasteiger partial charge in [0, 0.05) is 24.7 Å². The quantitative estimate of drug-likeness (QED) is 0.583. The smallest absolute Gasteiger partial charge is 0.235 e. The number of carbonyl (C=O) groups is 1. The van der Waals surface area contributed by atoms with E-state index in [1.165, 1.54) is 24.6 Å². The van der Waals surface area contributed by atoms with E-state index in [9.17, 15) is 4.79 Å². The Hall–Kier alpha value is -2.32. The van der Waals surface area contributed by atoms with Crippen LogP contribution < -0.4 is 5.32 Å². The molecule has 4 rings (SSSR count). The molecule has 2 aromatic heterocycles. The first-order valence-electron chi connectivity index (χ1n) is 9.66. The highest BCUT2D eigenvalue weighted by molar-refractivity contribution is 7.99. The summed E-state index contributed by atoms with van der Waals surface area (Å²) in [7, 11) is 1.81. The molecule has 0 unspecified atom stereocenters. The molecule has 1 saturated carbocycles. The number of nitrogens with one attached hydrogen (secondary N) is 1. The maximum atomic E-state index is 12.5. The monoisotopic (exact) mass is 430 g/mol. The van der Waals surface area contributed by atoms with Gasteiger partial charge in [-0.25, -0.2) is 0 Å². The van der Waals surface area contributed by atoms with Crippen LogP contribution in [-0.4, -0.2) is 36.2 Å². The fourth-order valence-electron chi connectivity index (χ4n) is 3.73. The van der Waals surface area contributed by atoms with E-state index in [4.69, 9.17) is 11.6 Å². The molecule has 0 bridgehead atoms. The summed E-state index contributed by atoms with van der Waals surface area (Å²) in [5.74, 6) is 1.60. The lowest BCUT2D eigenvalue weighted by atomic mass is 10.2. The predicted molar refractivity (Wildman–Crippen MR) is 115 cm³/mol. The molecule has 1 aliphatic rings. The molecular formula is C20H23ClN6OS. The summed E-state index contributed by atoms with van der Waals surface area (Å²) < 4.78 is 3.83. The Balaban J connectivity index is 1.55. The van der Waals surface area contributed by atoms with E-state index < -0.39 is 0 Å². The SMILES string of the molecule is Cc1cc(NC(=O)CSc2nnc(-c3ccccc3Cl)n2C2CCCC2)n(C)n1. The van der Waals surface area contributed by atoms with Crippen molar-refractivity contribution in [3.05, 3.63) is 41.0 Å². The van der Waals surface area contributed by atoms with Gasteiger partial charge in [0.05, 0.1) is 16.5 Å². The molecule has 0 radical (unpaired) electrons. The molecule has 1 fully saturated rings. The maximum Gasteiger partial charge on any atom is 0.235 e. The van der Waals surface area contributed by atoms with Gasteiger partial charge in [-0.05, 0) is 31.9 Å². The third-order valence-corrected chi connectivity index (χ3v) is 6.34. The second-order valence-electron chi connectivity index (χ2n) is 7.23. The molecule has 0 atom stereocenters. The molecule has 3 aromatic rings. The summed E-state index contributed by atoms with van der Waals surface area (Å²) in [4.78, 5) is 12.5. The van der Waals surface area contributed by atoms with Crippen LogP contribution in [0.3, 0.4) is 0 Å². The minimum Gasteiger partial charge on any atom is -0.310 e. The van der Waals surface area contributed by atoms with Crippen molar-refractivity contribution >= 4 is 35.1 Å². The van der Waals surface area contributed by atoms with Crippen molar-refractivity contribution in [3.8, 4) is 11.4 Å². The Labute approximate surface area is 178 Å². The van der Waals surface area contributed by atoms with Gasteiger partial charge >= 0.3 is 0 Å². The molecular weight excluding hydrogens is 408 g/mol. The van der Waals surface area contributed by atoms with Crippen molar-refractivity contribution in [2.75, 3.05) is 11.1 Å². The van der Waals surface area contributed by atoms with Gasteiger partial charge < -0.3 is 5.32 Å². The van der Waals surface area contributed by atoms with Crippen molar-refractivity contribution in [2.45, 2.75) is 43.8 Å². The highest BCUT2D eigenvalue weighted by atomic mass is 35.5. The first-order valence-corrected chi connectivity index (χ1v) is 11.0. The Morgan fingerprint density at radius 2 is 2.03 bits per heavy atom. The highest BCUT2D eigenvalue weighted by Gasteiger charge is 2.26. The number of benzene rings is 1. The second-order valence-corrected chi connectivity index (χ2v) is 8.58. The minimum atomic E-state index is -0.0988. The summed E-state index contributed by atoms with van der Waals surface area (Å²) >= 11 is 7.82. The standard InChI is InChI=1S/C20H23ClN6OS/c1-13-11-17(26(2)25-13)22-18(28)12-29-20-24-23-19(15-9-5-6-10-16(15)21)27(20)14-7-3-4-8-14/h5-6,9-11,14H,3-4,7-8,12H2,1-2H3,(H,22,28). The van der Waals surface area contributed by atoms with Gasteiger partial charge in [-0.1, -0.05) is 48.3 Å². The zero-order valence-electron chi connectivity index (χ0n) is 16.4. The fraction of sp³-hybridized carbons (Fsp3) is 0.400. The second kappa shape index (κ2) is 8.59. The number of hydrogen-bond donors (Lipinski definition) is 1. The lowest BCUT2D eigenvalue weighted by molar-refractivity contribution is -0.113. The molecule has 1 amide bonds. The Morgan fingerprint density at radius 1 is 1.28 bits per heavy atom. The number of thioether (sulfide) groups is 1. The molecule has 1 aliphatic carbocycles. The lowest BCUT2D eigenvalue weighted by Crippen LogP contribution is -2.17. The number of hydrogen-bond acceptors (Lipinski definition) is 5. The van der Waals surface area contributed by atoms with Crippen LogP contribution in [-0.2, 0) is 11.8 Å². The van der Waals surface area contributed by atoms with Gasteiger partial charge in [0.2, 0.25) is 5.91 Å². The van der Waals surface area contributed by atoms with Crippen LogP contribution in [0, 0.1) is 6.92 Å². The molecule has 7 nitrogen and oxygen atoms in total. The predicted octanol–water partition coefficient (Wildman–Crippen LogP) is 4.49. The summed E-state index contributed by atoms with van der Waals surface area (Å²) in [6.07, 6.45) is 4.55. The van der Waals surface area contributed by atoms with Gasteiger partial charge in [0.25, 0.3) is 0 Å². The van der Waals surface area contributed by atoms with E-state index in [0.29, 0.717) is 16.9 Å². The van der Waals surface area contributed by atoms with E-state index in [0.717, 1.165) is 35.1 Å². The van der Waals surface area contributed by atoms with Crippen LogP contribution in [0.25, 0.3) is 11.4 Å². The number of rotatable bonds is 6. The molecule has 1 aromatic carbocycles. The van der Waals surface area contributed by atoms with Crippen molar-refractivity contribution < 1.29 is 4.79 Å². The van der Waals surface area contributed by atoms with Gasteiger partial charge in [0.15, 0.2) is 11.0 Å². The van der Waals surface area contributed by atoms with E-state index in [1.807, 2.05) is 44.3 Å². The van der Waals surface area contributed by atoms with Crippen LogP contribution in [0.5, 0.6) is 0 Å². The number of anilines is 1. The number of carbonyl (C=O) groups excluding carboxylic acids is 1. The zero-order valence-corrected chi connectivity index (χ0v) is 18.0. The summed E-state index contributed by atoms with van der Waals surface area (Å²) in [5, 5.41) is 17.4. The largest absolute Gasteiger partial charge is 0.310 e. The van der Waals surface area contributed by atoms with Crippen LogP contribution in [0.1, 0.15) is 37.4 Å². The van der Waals surface area contributed by atoms with Gasteiger partial charge in [-0.3, -0.25) is 14.0 Å². The van der Waals surface area contributed by atoms with Crippen molar-refractivity contribution in [1.82, 2.24) is 24.5 Å². The van der Waals surface area contributed by atoms with Crippen molar-refractivity contribution in [2.24, 2.45) is 7.05 Å². The van der Waals surface area contributed by atoms with Crippen LogP contribution in [0.2, 0.25) is 5.02 Å². The molecule has 1 N–H and O–H groups in total. The maximum absolute atomic E-state index is 12.5. The van der Waals surface area contributed by atoms with Gasteiger partial charge in [-0.2, -0.15) is 5.10 Å². The number of nitrogens with zero attached hydrogens (tertiary/aromatic N) is 5. The first kappa shape index (κ1) is 20.0. The zero-order chi connectivity index (χ0) is 20.4. The Kier molecular flexibility index (Phi) is 5.91. The van der Waals surface area contributed by atoms with Crippen LogP contribution in [0.15, 0.2) is 35.5 Å². The average molecular weight is 431 g/mol. The number of aromatic nitrogens is 5. The minimum absolute atomic E-state index is 0.0988. The molecule has 0 spiro atoms. The van der Waals surface area contributed by atoms with E-state index in [-0.39, 0.29) is 11.7 Å². The number of amides is 1. The Bertz CT molecular complexity index is 1020. The first-order chi connectivity index (χ1) is 14.0. The van der Waals surface area contributed by atoms with Gasteiger partial charge in [-0.15, -0.1) is 10.2 Å². The topological polar surface area (TPSA) is 77.6 Å². The molecule has 0 aliphatic heterocycles.